The average Bonchev–Trinajstić information content (AvgIpc) is 3.07. The number of aliphatic imine (C=N–C) groups is 1. The summed E-state index contributed by atoms with van der Waals surface area (Å²) < 4.78 is 0. The molecule has 0 unspecified atom stereocenters. The smallest absolute Gasteiger partial charge is 0.231 e. The predicted octanol–water partition coefficient (Wildman–Crippen LogP) is 1.97. The van der Waals surface area contributed by atoms with Gasteiger partial charge in [-0.05, 0) is 23.8 Å². The molecule has 6 heteroatoms. The van der Waals surface area contributed by atoms with Crippen LogP contribution in [0.4, 0.5) is 11.4 Å². The van der Waals surface area contributed by atoms with Gasteiger partial charge in [0.2, 0.25) is 5.91 Å². The van der Waals surface area contributed by atoms with Crippen LogP contribution in [-0.4, -0.2) is 63.1 Å². The minimum Gasteiger partial charge on any atom is -0.368 e. The number of guanidine groups is 1. The zero-order valence-electron chi connectivity index (χ0n) is 16.3. The van der Waals surface area contributed by atoms with Gasteiger partial charge >= 0.3 is 0 Å². The zero-order chi connectivity index (χ0) is 19.3. The van der Waals surface area contributed by atoms with E-state index >= 15 is 0 Å². The van der Waals surface area contributed by atoms with Crippen LogP contribution >= 0.6 is 0 Å². The first-order chi connectivity index (χ1) is 13.8. The van der Waals surface area contributed by atoms with Gasteiger partial charge < -0.3 is 20.0 Å². The van der Waals surface area contributed by atoms with Crippen LogP contribution in [0.25, 0.3) is 0 Å². The minimum absolute atomic E-state index is 0.175. The molecule has 1 N–H and O–H groups in total. The summed E-state index contributed by atoms with van der Waals surface area (Å²) in [5.74, 6) is 1.09. The van der Waals surface area contributed by atoms with Crippen molar-refractivity contribution in [3.8, 4) is 0 Å². The quantitative estimate of drug-likeness (QED) is 0.654. The number of para-hydroxylation sites is 2. The highest BCUT2D eigenvalue weighted by Gasteiger charge is 2.26. The number of anilines is 2. The summed E-state index contributed by atoms with van der Waals surface area (Å²) in [6, 6.07) is 18.6. The number of carbonyl (C=O) groups excluding carboxylic acids is 1. The van der Waals surface area contributed by atoms with Crippen molar-refractivity contribution < 1.29 is 4.79 Å². The molecule has 0 radical (unpaired) electrons. The van der Waals surface area contributed by atoms with Gasteiger partial charge in [0.15, 0.2) is 5.96 Å². The third-order valence-electron chi connectivity index (χ3n) is 5.46. The Hall–Kier alpha value is -3.02. The average molecular weight is 377 g/mol. The summed E-state index contributed by atoms with van der Waals surface area (Å²) in [6.45, 7) is 5.15. The lowest BCUT2D eigenvalue weighted by Crippen LogP contribution is -2.53. The van der Waals surface area contributed by atoms with Gasteiger partial charge in [0.05, 0.1) is 6.42 Å². The molecule has 1 amide bonds. The number of piperazine rings is 1. The van der Waals surface area contributed by atoms with Crippen LogP contribution in [0.5, 0.6) is 0 Å². The number of nitrogens with zero attached hydrogens (tertiary/aromatic N) is 4. The number of hydrogen-bond donors (Lipinski definition) is 1. The highest BCUT2D eigenvalue weighted by molar-refractivity contribution is 6.01. The Bertz CT molecular complexity index is 843. The van der Waals surface area contributed by atoms with Crippen molar-refractivity contribution in [2.24, 2.45) is 4.99 Å². The Morgan fingerprint density at radius 3 is 2.46 bits per heavy atom. The van der Waals surface area contributed by atoms with Gasteiger partial charge in [-0.1, -0.05) is 36.4 Å². The summed E-state index contributed by atoms with van der Waals surface area (Å²) in [5.41, 5.74) is 3.44. The molecule has 0 spiro atoms. The lowest BCUT2D eigenvalue weighted by molar-refractivity contribution is -0.117. The van der Waals surface area contributed by atoms with Crippen LogP contribution in [0.1, 0.15) is 5.56 Å². The molecule has 2 heterocycles. The highest BCUT2D eigenvalue weighted by Crippen LogP contribution is 2.27. The molecule has 0 atom stereocenters. The molecule has 0 aliphatic carbocycles. The molecule has 0 saturated carbocycles. The highest BCUT2D eigenvalue weighted by atomic mass is 16.2. The maximum atomic E-state index is 12.3. The van der Waals surface area contributed by atoms with Crippen LogP contribution in [0, 0.1) is 0 Å². The van der Waals surface area contributed by atoms with Crippen LogP contribution < -0.4 is 15.1 Å². The van der Waals surface area contributed by atoms with E-state index in [2.05, 4.69) is 50.4 Å². The second kappa shape index (κ2) is 8.33. The largest absolute Gasteiger partial charge is 0.368 e. The van der Waals surface area contributed by atoms with E-state index in [1.54, 1.807) is 0 Å². The molecular weight excluding hydrogens is 350 g/mol. The number of rotatable bonds is 4. The standard InChI is InChI=1S/C22H27N5O/c1-23-22(26-15-13-25(14-16-26)19-8-3-2-4-9-19)24-11-12-27-20-10-6-5-7-18(20)17-21(27)28/h2-10H,11-17H2,1H3,(H,23,24). The maximum absolute atomic E-state index is 12.3. The Kier molecular flexibility index (Phi) is 5.46. The number of benzene rings is 2. The van der Waals surface area contributed by atoms with Gasteiger partial charge in [-0.2, -0.15) is 0 Å². The fourth-order valence-corrected chi connectivity index (χ4v) is 3.99. The van der Waals surface area contributed by atoms with E-state index in [0.29, 0.717) is 19.5 Å². The van der Waals surface area contributed by atoms with Crippen molar-refractivity contribution in [3.05, 3.63) is 60.2 Å². The number of carbonyl (C=O) groups is 1. The molecule has 1 fully saturated rings. The number of fused-ring (bicyclic) bond motifs is 1. The normalized spacial score (nSPS) is 17.1. The third-order valence-corrected chi connectivity index (χ3v) is 5.46. The molecule has 2 aromatic carbocycles. The van der Waals surface area contributed by atoms with E-state index in [1.807, 2.05) is 36.2 Å². The molecule has 6 nitrogen and oxygen atoms in total. The minimum atomic E-state index is 0.175. The second-order valence-corrected chi connectivity index (χ2v) is 7.13. The Balaban J connectivity index is 1.29. The van der Waals surface area contributed by atoms with Gasteiger partial charge in [0.25, 0.3) is 0 Å². The Morgan fingerprint density at radius 2 is 1.71 bits per heavy atom. The molecule has 146 valence electrons. The van der Waals surface area contributed by atoms with E-state index in [0.717, 1.165) is 43.4 Å². The summed E-state index contributed by atoms with van der Waals surface area (Å²) in [6.07, 6.45) is 0.506. The monoisotopic (exact) mass is 377 g/mol. The topological polar surface area (TPSA) is 51.2 Å². The van der Waals surface area contributed by atoms with Gasteiger partial charge in [0, 0.05) is 57.7 Å². The first-order valence-corrected chi connectivity index (χ1v) is 9.90. The fourth-order valence-electron chi connectivity index (χ4n) is 3.99. The lowest BCUT2D eigenvalue weighted by atomic mass is 10.2. The number of amides is 1. The molecule has 2 aliphatic rings. The van der Waals surface area contributed by atoms with Crippen LogP contribution in [0.15, 0.2) is 59.6 Å². The van der Waals surface area contributed by atoms with E-state index in [-0.39, 0.29) is 5.91 Å². The summed E-state index contributed by atoms with van der Waals surface area (Å²) in [5, 5.41) is 3.44. The van der Waals surface area contributed by atoms with E-state index in [4.69, 9.17) is 0 Å². The molecule has 1 saturated heterocycles. The van der Waals surface area contributed by atoms with Crippen molar-refractivity contribution >= 4 is 23.2 Å². The van der Waals surface area contributed by atoms with Crippen molar-refractivity contribution in [2.75, 3.05) is 56.1 Å². The van der Waals surface area contributed by atoms with Crippen molar-refractivity contribution in [3.63, 3.8) is 0 Å². The first-order valence-electron chi connectivity index (χ1n) is 9.90. The molecule has 2 aromatic rings. The summed E-state index contributed by atoms with van der Waals surface area (Å²) >= 11 is 0. The lowest BCUT2D eigenvalue weighted by Gasteiger charge is -2.37. The first kappa shape index (κ1) is 18.3. The molecule has 2 aliphatic heterocycles. The third kappa shape index (κ3) is 3.81. The molecular formula is C22H27N5O. The second-order valence-electron chi connectivity index (χ2n) is 7.13. The van der Waals surface area contributed by atoms with Crippen molar-refractivity contribution in [1.82, 2.24) is 10.2 Å². The van der Waals surface area contributed by atoms with Crippen molar-refractivity contribution in [2.45, 2.75) is 6.42 Å². The van der Waals surface area contributed by atoms with Crippen LogP contribution in [0.3, 0.4) is 0 Å². The SMILES string of the molecule is CN=C(NCCN1C(=O)Cc2ccccc21)N1CCN(c2ccccc2)CC1. The van der Waals surface area contributed by atoms with Gasteiger partial charge in [-0.3, -0.25) is 9.79 Å². The number of hydrogen-bond acceptors (Lipinski definition) is 3. The van der Waals surface area contributed by atoms with Gasteiger partial charge in [0.1, 0.15) is 0 Å². The molecule has 0 aromatic heterocycles. The summed E-state index contributed by atoms with van der Waals surface area (Å²) in [7, 11) is 1.82. The molecule has 28 heavy (non-hydrogen) atoms. The van der Waals surface area contributed by atoms with E-state index < -0.39 is 0 Å². The summed E-state index contributed by atoms with van der Waals surface area (Å²) in [4.78, 5) is 23.3. The van der Waals surface area contributed by atoms with Crippen molar-refractivity contribution in [1.29, 1.82) is 0 Å². The van der Waals surface area contributed by atoms with E-state index in [9.17, 15) is 4.79 Å². The Morgan fingerprint density at radius 1 is 1.00 bits per heavy atom. The molecule has 4 rings (SSSR count). The molecule has 0 bridgehead atoms. The van der Waals surface area contributed by atoms with Crippen LogP contribution in [-0.2, 0) is 11.2 Å². The van der Waals surface area contributed by atoms with E-state index in [1.165, 1.54) is 5.69 Å². The van der Waals surface area contributed by atoms with Gasteiger partial charge in [-0.25, -0.2) is 0 Å². The fraction of sp³-hybridized carbons (Fsp3) is 0.364. The Labute approximate surface area is 166 Å². The number of nitrogens with one attached hydrogen (secondary N) is 1. The predicted molar refractivity (Wildman–Crippen MR) is 114 cm³/mol. The maximum Gasteiger partial charge on any atom is 0.231 e. The van der Waals surface area contributed by atoms with Gasteiger partial charge in [-0.15, -0.1) is 0 Å². The van der Waals surface area contributed by atoms with Crippen LogP contribution in [0.2, 0.25) is 0 Å². The zero-order valence-corrected chi connectivity index (χ0v) is 16.3.